The number of carbonyl (C=O) groups is 1. The normalized spacial score (nSPS) is 11.1. The Balaban J connectivity index is 1.82. The molecule has 0 saturated heterocycles. The number of anilines is 1. The van der Waals surface area contributed by atoms with Gasteiger partial charge in [-0.15, -0.1) is 11.3 Å². The van der Waals surface area contributed by atoms with Crippen molar-refractivity contribution < 1.29 is 4.79 Å². The molecule has 0 unspecified atom stereocenters. The average Bonchev–Trinajstić information content (AvgIpc) is 2.94. The average molecular weight is 352 g/mol. The SMILES string of the molecule is Cc1ccccc1NC(=O)c1sc2ccc3ccccc3c2c1Cl. The fourth-order valence-corrected chi connectivity index (χ4v) is 4.34. The number of amides is 1. The number of hydrogen-bond donors (Lipinski definition) is 1. The van der Waals surface area contributed by atoms with E-state index in [2.05, 4.69) is 17.4 Å². The van der Waals surface area contributed by atoms with Gasteiger partial charge in [0.15, 0.2) is 0 Å². The van der Waals surface area contributed by atoms with Crippen molar-refractivity contribution in [1.82, 2.24) is 0 Å². The molecule has 3 aromatic carbocycles. The molecule has 0 aliphatic heterocycles. The Hall–Kier alpha value is -2.36. The molecule has 4 rings (SSSR count). The third-order valence-corrected chi connectivity index (χ3v) is 5.76. The van der Waals surface area contributed by atoms with Crippen LogP contribution in [-0.2, 0) is 0 Å². The van der Waals surface area contributed by atoms with Gasteiger partial charge in [-0.05, 0) is 35.4 Å². The number of carbonyl (C=O) groups excluding carboxylic acids is 1. The fraction of sp³-hybridized carbons (Fsp3) is 0.0500. The van der Waals surface area contributed by atoms with Crippen molar-refractivity contribution in [2.75, 3.05) is 5.32 Å². The second-order valence-corrected chi connectivity index (χ2v) is 7.10. The summed E-state index contributed by atoms with van der Waals surface area (Å²) in [5.41, 5.74) is 1.83. The fourth-order valence-electron chi connectivity index (χ4n) is 2.87. The smallest absolute Gasteiger partial charge is 0.267 e. The van der Waals surface area contributed by atoms with Gasteiger partial charge in [-0.1, -0.05) is 60.1 Å². The van der Waals surface area contributed by atoms with E-state index < -0.39 is 0 Å². The summed E-state index contributed by atoms with van der Waals surface area (Å²) in [7, 11) is 0. The third kappa shape index (κ3) is 2.46. The molecule has 1 N–H and O–H groups in total. The Kier molecular flexibility index (Phi) is 3.75. The number of fused-ring (bicyclic) bond motifs is 3. The number of halogens is 1. The summed E-state index contributed by atoms with van der Waals surface area (Å²) in [4.78, 5) is 13.3. The standard InChI is InChI=1S/C20H14ClNOS/c1-12-6-2-5-9-15(12)22-20(23)19-18(21)17-14-8-4-3-7-13(14)10-11-16(17)24-19/h2-11H,1H3,(H,22,23). The molecule has 0 aliphatic rings. The van der Waals surface area contributed by atoms with E-state index >= 15 is 0 Å². The lowest BCUT2D eigenvalue weighted by molar-refractivity contribution is 0.103. The molecule has 2 nitrogen and oxygen atoms in total. The van der Waals surface area contributed by atoms with Crippen molar-refractivity contribution in [3.63, 3.8) is 0 Å². The summed E-state index contributed by atoms with van der Waals surface area (Å²) in [5, 5.41) is 6.64. The zero-order valence-corrected chi connectivity index (χ0v) is 14.5. The minimum Gasteiger partial charge on any atom is -0.321 e. The van der Waals surface area contributed by atoms with E-state index in [1.165, 1.54) is 11.3 Å². The molecule has 0 atom stereocenters. The van der Waals surface area contributed by atoms with Gasteiger partial charge in [-0.3, -0.25) is 4.79 Å². The van der Waals surface area contributed by atoms with E-state index in [4.69, 9.17) is 11.6 Å². The van der Waals surface area contributed by atoms with Gasteiger partial charge in [0.25, 0.3) is 5.91 Å². The number of rotatable bonds is 2. The Morgan fingerprint density at radius 1 is 1.00 bits per heavy atom. The van der Waals surface area contributed by atoms with Crippen LogP contribution in [0.4, 0.5) is 5.69 Å². The second-order valence-electron chi connectivity index (χ2n) is 5.67. The maximum atomic E-state index is 12.7. The van der Waals surface area contributed by atoms with E-state index in [0.29, 0.717) is 9.90 Å². The number of hydrogen-bond acceptors (Lipinski definition) is 2. The van der Waals surface area contributed by atoms with Gasteiger partial charge >= 0.3 is 0 Å². The molecule has 0 radical (unpaired) electrons. The lowest BCUT2D eigenvalue weighted by Gasteiger charge is -2.07. The molecule has 0 bridgehead atoms. The van der Waals surface area contributed by atoms with E-state index in [9.17, 15) is 4.79 Å². The quantitative estimate of drug-likeness (QED) is 0.453. The largest absolute Gasteiger partial charge is 0.321 e. The first-order chi connectivity index (χ1) is 11.6. The summed E-state index contributed by atoms with van der Waals surface area (Å²) in [6.45, 7) is 1.97. The van der Waals surface area contributed by atoms with E-state index in [0.717, 1.165) is 32.1 Å². The van der Waals surface area contributed by atoms with Crippen LogP contribution in [0.2, 0.25) is 5.02 Å². The molecule has 118 valence electrons. The highest BCUT2D eigenvalue weighted by Crippen LogP contribution is 2.40. The maximum absolute atomic E-state index is 12.7. The first-order valence-electron chi connectivity index (χ1n) is 7.62. The molecule has 1 heterocycles. The first-order valence-corrected chi connectivity index (χ1v) is 8.81. The van der Waals surface area contributed by atoms with Crippen LogP contribution < -0.4 is 5.32 Å². The summed E-state index contributed by atoms with van der Waals surface area (Å²) in [6.07, 6.45) is 0. The van der Waals surface area contributed by atoms with Crippen molar-refractivity contribution in [3.05, 3.63) is 76.1 Å². The van der Waals surface area contributed by atoms with E-state index in [-0.39, 0.29) is 5.91 Å². The highest BCUT2D eigenvalue weighted by molar-refractivity contribution is 7.22. The van der Waals surface area contributed by atoms with Crippen molar-refractivity contribution >= 4 is 55.4 Å². The van der Waals surface area contributed by atoms with Gasteiger partial charge < -0.3 is 5.32 Å². The van der Waals surface area contributed by atoms with Crippen LogP contribution >= 0.6 is 22.9 Å². The van der Waals surface area contributed by atoms with Gasteiger partial charge in [0.2, 0.25) is 0 Å². The van der Waals surface area contributed by atoms with Crippen LogP contribution in [0.3, 0.4) is 0 Å². The third-order valence-electron chi connectivity index (χ3n) is 4.12. The molecule has 0 fully saturated rings. The molecule has 0 aliphatic carbocycles. The Morgan fingerprint density at radius 3 is 2.58 bits per heavy atom. The van der Waals surface area contributed by atoms with Gasteiger partial charge in [-0.25, -0.2) is 0 Å². The summed E-state index contributed by atoms with van der Waals surface area (Å²) in [6, 6.07) is 19.9. The minimum absolute atomic E-state index is 0.167. The van der Waals surface area contributed by atoms with Crippen molar-refractivity contribution in [3.8, 4) is 0 Å². The van der Waals surface area contributed by atoms with Crippen LogP contribution in [0.25, 0.3) is 20.9 Å². The molecule has 0 saturated carbocycles. The molecule has 1 aromatic heterocycles. The highest BCUT2D eigenvalue weighted by Gasteiger charge is 2.19. The number of aryl methyl sites for hydroxylation is 1. The number of thiophene rings is 1. The number of nitrogens with one attached hydrogen (secondary N) is 1. The van der Waals surface area contributed by atoms with Crippen molar-refractivity contribution in [1.29, 1.82) is 0 Å². The predicted molar refractivity (Wildman–Crippen MR) is 103 cm³/mol. The highest BCUT2D eigenvalue weighted by atomic mass is 35.5. The van der Waals surface area contributed by atoms with Gasteiger partial charge in [0.05, 0.1) is 5.02 Å². The van der Waals surface area contributed by atoms with Crippen LogP contribution in [0.15, 0.2) is 60.7 Å². The minimum atomic E-state index is -0.167. The molecule has 1 amide bonds. The van der Waals surface area contributed by atoms with Gasteiger partial charge in [0.1, 0.15) is 4.88 Å². The number of para-hydroxylation sites is 1. The lowest BCUT2D eigenvalue weighted by Crippen LogP contribution is -2.11. The zero-order valence-electron chi connectivity index (χ0n) is 13.0. The van der Waals surface area contributed by atoms with Crippen LogP contribution in [0.1, 0.15) is 15.2 Å². The Morgan fingerprint density at radius 2 is 1.75 bits per heavy atom. The summed E-state index contributed by atoms with van der Waals surface area (Å²) < 4.78 is 1.02. The molecule has 4 heteroatoms. The van der Waals surface area contributed by atoms with Crippen LogP contribution in [-0.4, -0.2) is 5.91 Å². The molecular formula is C20H14ClNOS. The van der Waals surface area contributed by atoms with Gasteiger partial charge in [-0.2, -0.15) is 0 Å². The van der Waals surface area contributed by atoms with E-state index in [1.54, 1.807) is 0 Å². The molecule has 4 aromatic rings. The number of benzene rings is 3. The van der Waals surface area contributed by atoms with E-state index in [1.807, 2.05) is 55.5 Å². The Bertz CT molecular complexity index is 1080. The first kappa shape index (κ1) is 15.2. The van der Waals surface area contributed by atoms with Crippen molar-refractivity contribution in [2.24, 2.45) is 0 Å². The molecule has 24 heavy (non-hydrogen) atoms. The maximum Gasteiger partial charge on any atom is 0.267 e. The monoisotopic (exact) mass is 351 g/mol. The summed E-state index contributed by atoms with van der Waals surface area (Å²) in [5.74, 6) is -0.167. The Labute approximate surface area is 148 Å². The summed E-state index contributed by atoms with van der Waals surface area (Å²) >= 11 is 8.01. The lowest BCUT2D eigenvalue weighted by atomic mass is 10.1. The zero-order chi connectivity index (χ0) is 16.7. The topological polar surface area (TPSA) is 29.1 Å². The molecular weight excluding hydrogens is 338 g/mol. The van der Waals surface area contributed by atoms with Crippen LogP contribution in [0, 0.1) is 6.92 Å². The van der Waals surface area contributed by atoms with Crippen molar-refractivity contribution in [2.45, 2.75) is 6.92 Å². The van der Waals surface area contributed by atoms with Gasteiger partial charge in [0, 0.05) is 15.8 Å². The predicted octanol–water partition coefficient (Wildman–Crippen LogP) is 6.27. The van der Waals surface area contributed by atoms with Crippen LogP contribution in [0.5, 0.6) is 0 Å². The molecule has 0 spiro atoms. The second kappa shape index (κ2) is 5.93.